The molecule has 3 aromatic rings. The number of hydrogen-bond acceptors (Lipinski definition) is 10. The van der Waals surface area contributed by atoms with Crippen molar-refractivity contribution in [2.45, 2.75) is 64.1 Å². The van der Waals surface area contributed by atoms with Crippen molar-refractivity contribution in [3.63, 3.8) is 0 Å². The van der Waals surface area contributed by atoms with E-state index >= 15 is 0 Å². The molecule has 0 spiro atoms. The molecule has 15 heteroatoms. The molecule has 3 atom stereocenters. The maximum absolute atomic E-state index is 14.0. The summed E-state index contributed by atoms with van der Waals surface area (Å²) in [6, 6.07) is 11.6. The lowest BCUT2D eigenvalue weighted by molar-refractivity contribution is -0.133. The van der Waals surface area contributed by atoms with Crippen molar-refractivity contribution in [1.29, 1.82) is 0 Å². The van der Waals surface area contributed by atoms with E-state index in [4.69, 9.17) is 18.9 Å². The summed E-state index contributed by atoms with van der Waals surface area (Å²) in [6.45, 7) is 4.57. The predicted molar refractivity (Wildman–Crippen MR) is 197 cm³/mol. The van der Waals surface area contributed by atoms with Crippen LogP contribution in [0.2, 0.25) is 0 Å². The molecule has 5 N–H and O–H groups in total. The third kappa shape index (κ3) is 10.9. The number of fused-ring (bicyclic) bond motifs is 3. The maximum atomic E-state index is 14.0. The lowest BCUT2D eigenvalue weighted by atomic mass is 10.00. The van der Waals surface area contributed by atoms with Crippen molar-refractivity contribution in [1.82, 2.24) is 26.6 Å². The number of benzene rings is 2. The van der Waals surface area contributed by atoms with Gasteiger partial charge in [0.25, 0.3) is 11.8 Å². The number of methoxy groups -OCH3 is 1. The van der Waals surface area contributed by atoms with Crippen LogP contribution in [0.1, 0.15) is 53.9 Å². The second-order valence-corrected chi connectivity index (χ2v) is 14.0. The monoisotopic (exact) mass is 749 g/mol. The zero-order valence-electron chi connectivity index (χ0n) is 30.2. The predicted octanol–water partition coefficient (Wildman–Crippen LogP) is 2.53. The Morgan fingerprint density at radius 1 is 0.906 bits per heavy atom. The topological polar surface area (TPSA) is 182 Å². The number of carbonyl (C=O) groups is 5. The molecule has 2 aliphatic heterocycles. The number of ether oxygens (including phenoxy) is 4. The third-order valence-electron chi connectivity index (χ3n) is 8.81. The molecule has 0 fully saturated rings. The average molecular weight is 750 g/mol. The second-order valence-electron chi connectivity index (χ2n) is 13.1. The zero-order valence-corrected chi connectivity index (χ0v) is 31.0. The van der Waals surface area contributed by atoms with Crippen molar-refractivity contribution in [3.8, 4) is 23.0 Å². The number of carbonyl (C=O) groups excluding carboxylic acids is 5. The summed E-state index contributed by atoms with van der Waals surface area (Å²) >= 11 is 1.13. The van der Waals surface area contributed by atoms with Crippen LogP contribution in [0.25, 0.3) is 0 Å². The van der Waals surface area contributed by atoms with E-state index in [2.05, 4.69) is 26.6 Å². The summed E-state index contributed by atoms with van der Waals surface area (Å²) in [4.78, 5) is 68.0. The van der Waals surface area contributed by atoms with Crippen molar-refractivity contribution in [3.05, 3.63) is 69.9 Å². The van der Waals surface area contributed by atoms with Gasteiger partial charge in [0.2, 0.25) is 17.7 Å². The van der Waals surface area contributed by atoms with Crippen LogP contribution in [-0.2, 0) is 32.0 Å². The highest BCUT2D eigenvalue weighted by Gasteiger charge is 2.32. The van der Waals surface area contributed by atoms with Gasteiger partial charge in [-0.3, -0.25) is 24.0 Å². The Morgan fingerprint density at radius 3 is 2.45 bits per heavy atom. The summed E-state index contributed by atoms with van der Waals surface area (Å²) in [5.74, 6) is -1.04. The fraction of sp³-hybridized carbons (Fsp3) is 0.447. The number of amides is 5. The van der Waals surface area contributed by atoms with Crippen molar-refractivity contribution >= 4 is 40.9 Å². The molecule has 2 aliphatic rings. The van der Waals surface area contributed by atoms with E-state index in [1.807, 2.05) is 50.2 Å². The van der Waals surface area contributed by atoms with Gasteiger partial charge < -0.3 is 45.5 Å². The van der Waals surface area contributed by atoms with Crippen LogP contribution in [0.3, 0.4) is 0 Å². The molecule has 0 saturated heterocycles. The number of thiophene rings is 1. The Balaban J connectivity index is 1.40. The molecule has 3 heterocycles. The van der Waals surface area contributed by atoms with Gasteiger partial charge in [-0.2, -0.15) is 0 Å². The lowest BCUT2D eigenvalue weighted by Crippen LogP contribution is -2.58. The van der Waals surface area contributed by atoms with Gasteiger partial charge >= 0.3 is 0 Å². The SMILES string of the molecule is COc1ccc2cc1OCC(=O)NCCC[C@H](NC(=O)c1scc3c1OCCO3)C(=O)N[C@@H](Cc1ccccc1)C(=O)N[C@H](C(C)C)C(=O)NCCC2. The van der Waals surface area contributed by atoms with Gasteiger partial charge in [-0.15, -0.1) is 11.3 Å². The molecule has 2 bridgehead atoms. The molecular weight excluding hydrogens is 703 g/mol. The Morgan fingerprint density at radius 2 is 1.68 bits per heavy atom. The number of rotatable bonds is 6. The van der Waals surface area contributed by atoms with E-state index in [-0.39, 0.29) is 55.2 Å². The fourth-order valence-corrected chi connectivity index (χ4v) is 6.80. The molecule has 0 radical (unpaired) electrons. The van der Waals surface area contributed by atoms with E-state index < -0.39 is 35.8 Å². The zero-order chi connectivity index (χ0) is 37.7. The number of nitrogens with one attached hydrogen (secondary N) is 5. The van der Waals surface area contributed by atoms with Gasteiger partial charge in [0.15, 0.2) is 29.6 Å². The molecule has 0 saturated carbocycles. The van der Waals surface area contributed by atoms with E-state index in [0.717, 1.165) is 22.5 Å². The molecule has 53 heavy (non-hydrogen) atoms. The molecule has 1 aromatic heterocycles. The minimum atomic E-state index is -1.10. The standard InChI is InChI=1S/C38H47N5O9S/c1-23(2)32-37(47)40-16-7-11-25-13-14-28(49-3)29(20-25)52-21-31(44)39-15-8-12-26(41-38(48)34-33-30(22-53-34)50-17-18-51-33)35(45)42-27(36(46)43-32)19-24-9-5-4-6-10-24/h4-6,9-10,13-14,20,22-23,26-27,32H,7-8,11-12,15-19,21H2,1-3H3,(H,39,44)(H,40,47)(H,41,48)(H,42,45)(H,43,46)/t26-,27-,32+/m0/s1. The molecule has 284 valence electrons. The molecule has 5 amide bonds. The van der Waals surface area contributed by atoms with Crippen molar-refractivity contribution in [2.24, 2.45) is 5.92 Å². The minimum absolute atomic E-state index is 0.121. The maximum Gasteiger partial charge on any atom is 0.265 e. The average Bonchev–Trinajstić information content (AvgIpc) is 3.60. The Labute approximate surface area is 312 Å². The summed E-state index contributed by atoms with van der Waals surface area (Å²) < 4.78 is 22.5. The minimum Gasteiger partial charge on any atom is -0.493 e. The molecule has 0 unspecified atom stereocenters. The summed E-state index contributed by atoms with van der Waals surface area (Å²) in [7, 11) is 1.51. The van der Waals surface area contributed by atoms with Crippen LogP contribution in [-0.4, -0.2) is 87.7 Å². The smallest absolute Gasteiger partial charge is 0.265 e. The molecule has 2 aromatic carbocycles. The number of hydrogen-bond donors (Lipinski definition) is 5. The quantitative estimate of drug-likeness (QED) is 0.253. The largest absolute Gasteiger partial charge is 0.493 e. The van der Waals surface area contributed by atoms with Gasteiger partial charge in [-0.05, 0) is 54.9 Å². The van der Waals surface area contributed by atoms with E-state index in [9.17, 15) is 24.0 Å². The van der Waals surface area contributed by atoms with Gasteiger partial charge in [-0.25, -0.2) is 0 Å². The highest BCUT2D eigenvalue weighted by atomic mass is 32.1. The summed E-state index contributed by atoms with van der Waals surface area (Å²) in [5.41, 5.74) is 1.72. The van der Waals surface area contributed by atoms with Crippen molar-refractivity contribution < 1.29 is 42.9 Å². The first kappa shape index (κ1) is 38.9. The normalized spacial score (nSPS) is 20.6. The molecule has 14 nitrogen and oxygen atoms in total. The fourth-order valence-electron chi connectivity index (χ4n) is 5.96. The van der Waals surface area contributed by atoms with Crippen LogP contribution < -0.4 is 45.5 Å². The lowest BCUT2D eigenvalue weighted by Gasteiger charge is -2.27. The molecule has 5 rings (SSSR count). The van der Waals surface area contributed by atoms with Crippen LogP contribution in [0, 0.1) is 5.92 Å². The highest BCUT2D eigenvalue weighted by molar-refractivity contribution is 7.12. The summed E-state index contributed by atoms with van der Waals surface area (Å²) in [6.07, 6.45) is 1.77. The Hall–Kier alpha value is -5.31. The first-order valence-electron chi connectivity index (χ1n) is 17.8. The molecular formula is C38H47N5O9S. The van der Waals surface area contributed by atoms with Crippen LogP contribution in [0.15, 0.2) is 53.9 Å². The van der Waals surface area contributed by atoms with Crippen LogP contribution in [0.5, 0.6) is 23.0 Å². The van der Waals surface area contributed by atoms with Gasteiger partial charge in [0.1, 0.15) is 36.2 Å². The number of aryl methyl sites for hydroxylation is 1. The Bertz CT molecular complexity index is 1750. The third-order valence-corrected chi connectivity index (χ3v) is 9.75. The Kier molecular flexibility index (Phi) is 13.9. The highest BCUT2D eigenvalue weighted by Crippen LogP contribution is 2.39. The van der Waals surface area contributed by atoms with Gasteiger partial charge in [-0.1, -0.05) is 50.2 Å². The first-order valence-corrected chi connectivity index (χ1v) is 18.7. The van der Waals surface area contributed by atoms with Gasteiger partial charge in [0, 0.05) is 24.9 Å². The van der Waals surface area contributed by atoms with E-state index in [0.29, 0.717) is 55.4 Å². The first-order chi connectivity index (χ1) is 25.6. The van der Waals surface area contributed by atoms with Crippen molar-refractivity contribution in [2.75, 3.05) is 40.0 Å². The second kappa shape index (κ2) is 19.0. The van der Waals surface area contributed by atoms with E-state index in [1.165, 1.54) is 7.11 Å². The summed E-state index contributed by atoms with van der Waals surface area (Å²) in [5, 5.41) is 15.9. The molecule has 0 aliphatic carbocycles. The van der Waals surface area contributed by atoms with Gasteiger partial charge in [0.05, 0.1) is 7.11 Å². The van der Waals surface area contributed by atoms with Crippen LogP contribution >= 0.6 is 11.3 Å². The van der Waals surface area contributed by atoms with E-state index in [1.54, 1.807) is 17.5 Å². The van der Waals surface area contributed by atoms with Crippen LogP contribution in [0.4, 0.5) is 0 Å².